The van der Waals surface area contributed by atoms with Crippen LogP contribution in [0.4, 0.5) is 13.2 Å². The highest BCUT2D eigenvalue weighted by molar-refractivity contribution is 5.94. The Hall–Kier alpha value is -3.65. The van der Waals surface area contributed by atoms with Crippen LogP contribution in [0.5, 0.6) is 5.75 Å². The molecule has 41 heavy (non-hydrogen) atoms. The van der Waals surface area contributed by atoms with Gasteiger partial charge in [-0.05, 0) is 73.7 Å². The topological polar surface area (TPSA) is 54.5 Å². The summed E-state index contributed by atoms with van der Waals surface area (Å²) in [6.45, 7) is 4.14. The summed E-state index contributed by atoms with van der Waals surface area (Å²) >= 11 is 0. The van der Waals surface area contributed by atoms with Crippen molar-refractivity contribution in [1.82, 2.24) is 15.2 Å². The SMILES string of the molecule is C[C@@H](NC(=O)c1cncc(OC2CCC(F)(F)C2)c1)c1ccc(C(=C2CC3(C2)CN(C)C3)c2ccc(F)cc2)cc1. The summed E-state index contributed by atoms with van der Waals surface area (Å²) in [5.74, 6) is -2.97. The molecule has 0 bridgehead atoms. The number of hydrogen-bond acceptors (Lipinski definition) is 4. The lowest BCUT2D eigenvalue weighted by Gasteiger charge is -2.56. The lowest BCUT2D eigenvalue weighted by Crippen LogP contribution is -2.58. The number of benzene rings is 2. The number of carbonyl (C=O) groups is 1. The maximum Gasteiger partial charge on any atom is 0.253 e. The molecule has 1 aliphatic heterocycles. The zero-order valence-corrected chi connectivity index (χ0v) is 23.3. The number of nitrogens with zero attached hydrogens (tertiary/aromatic N) is 2. The molecule has 1 amide bonds. The number of aromatic nitrogens is 1. The molecule has 0 radical (unpaired) electrons. The third-order valence-electron chi connectivity index (χ3n) is 8.56. The van der Waals surface area contributed by atoms with E-state index in [4.69, 9.17) is 4.74 Å². The minimum absolute atomic E-state index is 0.192. The number of allylic oxidation sites excluding steroid dienone is 1. The number of hydrogen-bond donors (Lipinski definition) is 1. The molecule has 2 atom stereocenters. The molecule has 3 aromatic rings. The summed E-state index contributed by atoms with van der Waals surface area (Å²) in [5.41, 5.74) is 6.26. The van der Waals surface area contributed by atoms with Gasteiger partial charge in [0.2, 0.25) is 0 Å². The molecule has 1 spiro atoms. The van der Waals surface area contributed by atoms with E-state index in [2.05, 4.69) is 34.4 Å². The number of carbonyl (C=O) groups excluding carboxylic acids is 1. The van der Waals surface area contributed by atoms with Gasteiger partial charge in [-0.1, -0.05) is 42.0 Å². The van der Waals surface area contributed by atoms with Gasteiger partial charge >= 0.3 is 0 Å². The van der Waals surface area contributed by atoms with Gasteiger partial charge in [-0.25, -0.2) is 13.2 Å². The van der Waals surface area contributed by atoms with Crippen LogP contribution in [0.2, 0.25) is 0 Å². The molecule has 2 aromatic carbocycles. The van der Waals surface area contributed by atoms with Crippen LogP contribution in [0.1, 0.15) is 72.1 Å². The number of alkyl halides is 2. The number of rotatable bonds is 7. The van der Waals surface area contributed by atoms with Crippen molar-refractivity contribution in [2.75, 3.05) is 20.1 Å². The van der Waals surface area contributed by atoms with E-state index < -0.39 is 12.0 Å². The second kappa shape index (κ2) is 10.6. The van der Waals surface area contributed by atoms with E-state index in [0.717, 1.165) is 48.2 Å². The summed E-state index contributed by atoms with van der Waals surface area (Å²) in [7, 11) is 2.15. The zero-order valence-electron chi connectivity index (χ0n) is 23.3. The Morgan fingerprint density at radius 1 is 1.02 bits per heavy atom. The zero-order chi connectivity index (χ0) is 28.8. The van der Waals surface area contributed by atoms with Gasteiger partial charge in [0.25, 0.3) is 11.8 Å². The second-order valence-corrected chi connectivity index (χ2v) is 12.1. The van der Waals surface area contributed by atoms with Gasteiger partial charge in [-0.15, -0.1) is 0 Å². The van der Waals surface area contributed by atoms with Gasteiger partial charge in [0, 0.05) is 37.5 Å². The molecule has 2 saturated carbocycles. The van der Waals surface area contributed by atoms with E-state index in [0.29, 0.717) is 16.7 Å². The van der Waals surface area contributed by atoms with Crippen molar-refractivity contribution >= 4 is 11.5 Å². The molecule has 3 fully saturated rings. The first-order valence-electron chi connectivity index (χ1n) is 14.2. The Morgan fingerprint density at radius 2 is 1.68 bits per heavy atom. The Labute approximate surface area is 238 Å². The highest BCUT2D eigenvalue weighted by atomic mass is 19.3. The van der Waals surface area contributed by atoms with Gasteiger partial charge in [0.15, 0.2) is 0 Å². The smallest absolute Gasteiger partial charge is 0.253 e. The van der Waals surface area contributed by atoms with E-state index in [1.165, 1.54) is 30.1 Å². The van der Waals surface area contributed by atoms with Crippen molar-refractivity contribution in [3.63, 3.8) is 0 Å². The normalized spacial score (nSPS) is 21.6. The second-order valence-electron chi connectivity index (χ2n) is 12.1. The van der Waals surface area contributed by atoms with Gasteiger partial charge in [-0.3, -0.25) is 9.78 Å². The van der Waals surface area contributed by atoms with Crippen LogP contribution in [0.3, 0.4) is 0 Å². The maximum absolute atomic E-state index is 13.7. The summed E-state index contributed by atoms with van der Waals surface area (Å²) in [5, 5.41) is 3.00. The van der Waals surface area contributed by atoms with Crippen LogP contribution in [-0.2, 0) is 0 Å². The predicted molar refractivity (Wildman–Crippen MR) is 151 cm³/mol. The quantitative estimate of drug-likeness (QED) is 0.345. The Balaban J connectivity index is 1.14. The van der Waals surface area contributed by atoms with Gasteiger partial charge in [0.1, 0.15) is 17.7 Å². The first-order valence-corrected chi connectivity index (χ1v) is 14.2. The fourth-order valence-electron chi connectivity index (χ4n) is 6.66. The number of amides is 1. The van der Waals surface area contributed by atoms with Crippen LogP contribution in [0, 0.1) is 11.2 Å². The number of halogens is 3. The Bertz CT molecular complexity index is 1450. The van der Waals surface area contributed by atoms with Crippen molar-refractivity contribution in [3.05, 3.63) is 101 Å². The minimum atomic E-state index is -2.71. The van der Waals surface area contributed by atoms with Crippen molar-refractivity contribution in [1.29, 1.82) is 0 Å². The van der Waals surface area contributed by atoms with Crippen molar-refractivity contribution in [2.24, 2.45) is 5.41 Å². The number of likely N-dealkylation sites (tertiary alicyclic amines) is 1. The van der Waals surface area contributed by atoms with E-state index >= 15 is 0 Å². The van der Waals surface area contributed by atoms with E-state index in [1.54, 1.807) is 6.07 Å². The standard InChI is InChI=1S/C33H34F3N3O2/c1-21(38-31(40)25-13-29(18-37-17-25)41-28-11-12-33(35,36)16-28)22-3-5-23(6-4-22)30(24-7-9-27(34)10-8-24)26-14-32(15-26)19-39(2)20-32/h3-10,13,17-18,21,28H,11-12,14-16,19-20H2,1-2H3,(H,38,40)/t21-,28?/m1/s1. The summed E-state index contributed by atoms with van der Waals surface area (Å²) in [6, 6.07) is 16.1. The summed E-state index contributed by atoms with van der Waals surface area (Å²) in [6.07, 6.45) is 4.16. The first kappa shape index (κ1) is 27.5. The lowest BCUT2D eigenvalue weighted by molar-refractivity contribution is -0.0106. The molecular formula is C33H34F3N3O2. The lowest BCUT2D eigenvalue weighted by atomic mass is 9.59. The van der Waals surface area contributed by atoms with Crippen LogP contribution in [0.15, 0.2) is 72.6 Å². The van der Waals surface area contributed by atoms with Gasteiger partial charge < -0.3 is 15.0 Å². The predicted octanol–water partition coefficient (Wildman–Crippen LogP) is 6.81. The van der Waals surface area contributed by atoms with E-state index in [1.807, 2.05) is 31.2 Å². The molecule has 2 aliphatic carbocycles. The van der Waals surface area contributed by atoms with E-state index in [-0.39, 0.29) is 37.0 Å². The third kappa shape index (κ3) is 5.89. The summed E-state index contributed by atoms with van der Waals surface area (Å²) in [4.78, 5) is 19.4. The number of nitrogens with one attached hydrogen (secondary N) is 1. The fourth-order valence-corrected chi connectivity index (χ4v) is 6.66. The summed E-state index contributed by atoms with van der Waals surface area (Å²) < 4.78 is 46.4. The molecular weight excluding hydrogens is 527 g/mol. The molecule has 1 N–H and O–H groups in total. The van der Waals surface area contributed by atoms with Gasteiger partial charge in [-0.2, -0.15) is 0 Å². The molecule has 8 heteroatoms. The molecule has 2 heterocycles. The largest absolute Gasteiger partial charge is 0.489 e. The molecule has 214 valence electrons. The monoisotopic (exact) mass is 561 g/mol. The van der Waals surface area contributed by atoms with Crippen LogP contribution < -0.4 is 10.1 Å². The van der Waals surface area contributed by atoms with E-state index in [9.17, 15) is 18.0 Å². The molecule has 5 nitrogen and oxygen atoms in total. The van der Waals surface area contributed by atoms with Crippen LogP contribution >= 0.6 is 0 Å². The molecule has 6 rings (SSSR count). The van der Waals surface area contributed by atoms with Crippen LogP contribution in [-0.4, -0.2) is 48.0 Å². The fraction of sp³-hybridized carbons (Fsp3) is 0.394. The Morgan fingerprint density at radius 3 is 2.29 bits per heavy atom. The number of pyridine rings is 1. The van der Waals surface area contributed by atoms with Crippen molar-refractivity contribution in [3.8, 4) is 5.75 Å². The molecule has 1 unspecified atom stereocenters. The average Bonchev–Trinajstić information content (AvgIpc) is 3.25. The average molecular weight is 562 g/mol. The molecule has 3 aliphatic rings. The third-order valence-corrected chi connectivity index (χ3v) is 8.56. The minimum Gasteiger partial charge on any atom is -0.489 e. The highest BCUT2D eigenvalue weighted by Gasteiger charge is 2.49. The van der Waals surface area contributed by atoms with Crippen LogP contribution in [0.25, 0.3) is 5.57 Å². The van der Waals surface area contributed by atoms with Gasteiger partial charge in [0.05, 0.1) is 17.8 Å². The first-order chi connectivity index (χ1) is 19.6. The van der Waals surface area contributed by atoms with Crippen molar-refractivity contribution < 1.29 is 22.7 Å². The number of ether oxygens (including phenoxy) is 1. The maximum atomic E-state index is 13.7. The molecule has 1 saturated heterocycles. The molecule has 1 aromatic heterocycles. The highest BCUT2D eigenvalue weighted by Crippen LogP contribution is 2.54. The van der Waals surface area contributed by atoms with Crippen molar-refractivity contribution in [2.45, 2.75) is 57.1 Å². The Kier molecular flexibility index (Phi) is 7.14.